The predicted octanol–water partition coefficient (Wildman–Crippen LogP) is 5.78. The molecule has 0 fully saturated rings. The topological polar surface area (TPSA) is 41.5 Å². The summed E-state index contributed by atoms with van der Waals surface area (Å²) in [4.78, 5) is 0. The zero-order chi connectivity index (χ0) is 21.3. The van der Waals surface area contributed by atoms with Gasteiger partial charge >= 0.3 is 0 Å². The first-order valence-electron chi connectivity index (χ1n) is 10.8. The van der Waals surface area contributed by atoms with Crippen LogP contribution in [0.2, 0.25) is 0 Å². The SMILES string of the molecule is Cc1ccccc1C(CC(C)C)NCC(O)COc1ccc(-c2ccccc2)cc1. The first kappa shape index (κ1) is 22.1. The number of benzene rings is 3. The summed E-state index contributed by atoms with van der Waals surface area (Å²) in [5.74, 6) is 1.34. The highest BCUT2D eigenvalue weighted by molar-refractivity contribution is 5.63. The minimum atomic E-state index is -0.572. The molecule has 0 amide bonds. The average molecular weight is 404 g/mol. The molecule has 158 valence electrons. The molecule has 0 aromatic heterocycles. The lowest BCUT2D eigenvalue weighted by atomic mass is 9.94. The lowest BCUT2D eigenvalue weighted by molar-refractivity contribution is 0.102. The zero-order valence-electron chi connectivity index (χ0n) is 18.2. The Hall–Kier alpha value is -2.62. The van der Waals surface area contributed by atoms with Gasteiger partial charge in [0.1, 0.15) is 18.5 Å². The predicted molar refractivity (Wildman–Crippen MR) is 125 cm³/mol. The second kappa shape index (κ2) is 11.0. The summed E-state index contributed by atoms with van der Waals surface area (Å²) < 4.78 is 5.81. The summed E-state index contributed by atoms with van der Waals surface area (Å²) in [6, 6.07) is 27.0. The van der Waals surface area contributed by atoms with Gasteiger partial charge in [0.15, 0.2) is 0 Å². The lowest BCUT2D eigenvalue weighted by Crippen LogP contribution is -2.34. The molecular formula is C27H33NO2. The van der Waals surface area contributed by atoms with Gasteiger partial charge in [-0.3, -0.25) is 0 Å². The molecule has 3 heteroatoms. The molecule has 0 heterocycles. The Morgan fingerprint density at radius 1 is 0.833 bits per heavy atom. The number of aliphatic hydroxyl groups excluding tert-OH is 1. The summed E-state index contributed by atoms with van der Waals surface area (Å²) in [6.45, 7) is 7.36. The number of aliphatic hydroxyl groups is 1. The van der Waals surface area contributed by atoms with Gasteiger partial charge in [0.25, 0.3) is 0 Å². The second-order valence-corrected chi connectivity index (χ2v) is 8.30. The van der Waals surface area contributed by atoms with E-state index in [0.717, 1.165) is 17.7 Å². The van der Waals surface area contributed by atoms with Crippen LogP contribution in [0.25, 0.3) is 11.1 Å². The third-order valence-corrected chi connectivity index (χ3v) is 5.27. The fourth-order valence-electron chi connectivity index (χ4n) is 3.67. The fraction of sp³-hybridized carbons (Fsp3) is 0.333. The quantitative estimate of drug-likeness (QED) is 0.451. The molecule has 0 saturated heterocycles. The number of ether oxygens (including phenoxy) is 1. The molecule has 0 aliphatic rings. The standard InChI is InChI=1S/C27H33NO2/c1-20(2)17-27(26-12-8-7-9-21(26)3)28-18-24(29)19-30-25-15-13-23(14-16-25)22-10-5-4-6-11-22/h4-16,20,24,27-29H,17-19H2,1-3H3. The second-order valence-electron chi connectivity index (χ2n) is 8.30. The molecule has 3 aromatic carbocycles. The Morgan fingerprint density at radius 3 is 2.13 bits per heavy atom. The van der Waals surface area contributed by atoms with Gasteiger partial charge in [-0.1, -0.05) is 80.6 Å². The van der Waals surface area contributed by atoms with Crippen molar-refractivity contribution in [3.8, 4) is 16.9 Å². The van der Waals surface area contributed by atoms with Crippen LogP contribution in [-0.2, 0) is 0 Å². The van der Waals surface area contributed by atoms with Gasteiger partial charge in [-0.25, -0.2) is 0 Å². The minimum Gasteiger partial charge on any atom is -0.491 e. The van der Waals surface area contributed by atoms with Crippen LogP contribution in [-0.4, -0.2) is 24.4 Å². The van der Waals surface area contributed by atoms with Crippen molar-refractivity contribution in [2.75, 3.05) is 13.2 Å². The first-order valence-corrected chi connectivity index (χ1v) is 10.8. The Balaban J connectivity index is 1.52. The highest BCUT2D eigenvalue weighted by Crippen LogP contribution is 2.24. The van der Waals surface area contributed by atoms with Crippen LogP contribution in [0.3, 0.4) is 0 Å². The van der Waals surface area contributed by atoms with Crippen LogP contribution in [0.5, 0.6) is 5.75 Å². The van der Waals surface area contributed by atoms with E-state index in [2.05, 4.69) is 62.5 Å². The molecular weight excluding hydrogens is 370 g/mol. The summed E-state index contributed by atoms with van der Waals surface area (Å²) in [7, 11) is 0. The summed E-state index contributed by atoms with van der Waals surface area (Å²) in [5, 5.41) is 14.0. The largest absolute Gasteiger partial charge is 0.491 e. The molecule has 2 atom stereocenters. The maximum absolute atomic E-state index is 10.5. The fourth-order valence-corrected chi connectivity index (χ4v) is 3.67. The van der Waals surface area contributed by atoms with Crippen molar-refractivity contribution in [1.29, 1.82) is 0 Å². The van der Waals surface area contributed by atoms with E-state index in [4.69, 9.17) is 4.74 Å². The van der Waals surface area contributed by atoms with E-state index in [-0.39, 0.29) is 12.6 Å². The highest BCUT2D eigenvalue weighted by Gasteiger charge is 2.16. The van der Waals surface area contributed by atoms with Crippen molar-refractivity contribution >= 4 is 0 Å². The molecule has 0 aliphatic carbocycles. The van der Waals surface area contributed by atoms with E-state index >= 15 is 0 Å². The van der Waals surface area contributed by atoms with Gasteiger partial charge in [0.2, 0.25) is 0 Å². The van der Waals surface area contributed by atoms with Crippen molar-refractivity contribution in [3.05, 3.63) is 90.0 Å². The summed E-state index contributed by atoms with van der Waals surface area (Å²) in [6.07, 6.45) is 0.455. The van der Waals surface area contributed by atoms with Crippen molar-refractivity contribution in [2.45, 2.75) is 39.3 Å². The normalized spacial score (nSPS) is 13.2. The molecule has 2 unspecified atom stereocenters. The molecule has 3 aromatic rings. The van der Waals surface area contributed by atoms with E-state index in [1.807, 2.05) is 42.5 Å². The van der Waals surface area contributed by atoms with Crippen molar-refractivity contribution in [2.24, 2.45) is 5.92 Å². The molecule has 3 rings (SSSR count). The zero-order valence-corrected chi connectivity index (χ0v) is 18.2. The number of hydrogen-bond acceptors (Lipinski definition) is 3. The van der Waals surface area contributed by atoms with Crippen LogP contribution < -0.4 is 10.1 Å². The molecule has 3 nitrogen and oxygen atoms in total. The number of nitrogens with one attached hydrogen (secondary N) is 1. The van der Waals surface area contributed by atoms with Gasteiger partial charge in [0, 0.05) is 12.6 Å². The molecule has 0 aliphatic heterocycles. The lowest BCUT2D eigenvalue weighted by Gasteiger charge is -2.24. The molecule has 30 heavy (non-hydrogen) atoms. The molecule has 0 saturated carbocycles. The van der Waals surface area contributed by atoms with Crippen LogP contribution in [0.1, 0.15) is 37.4 Å². The number of aryl methyl sites for hydroxylation is 1. The third-order valence-electron chi connectivity index (χ3n) is 5.27. The van der Waals surface area contributed by atoms with E-state index in [9.17, 15) is 5.11 Å². The molecule has 0 radical (unpaired) electrons. The van der Waals surface area contributed by atoms with Gasteiger partial charge in [-0.2, -0.15) is 0 Å². The van der Waals surface area contributed by atoms with E-state index in [0.29, 0.717) is 12.5 Å². The Labute approximate surface area is 180 Å². The van der Waals surface area contributed by atoms with Crippen molar-refractivity contribution < 1.29 is 9.84 Å². The van der Waals surface area contributed by atoms with Crippen LogP contribution >= 0.6 is 0 Å². The highest BCUT2D eigenvalue weighted by atomic mass is 16.5. The Morgan fingerprint density at radius 2 is 1.47 bits per heavy atom. The summed E-state index contributed by atoms with van der Waals surface area (Å²) in [5.41, 5.74) is 4.91. The molecule has 0 spiro atoms. The van der Waals surface area contributed by atoms with Gasteiger partial charge in [-0.15, -0.1) is 0 Å². The maximum atomic E-state index is 10.5. The van der Waals surface area contributed by atoms with Crippen molar-refractivity contribution in [3.63, 3.8) is 0 Å². The molecule has 0 bridgehead atoms. The van der Waals surface area contributed by atoms with E-state index < -0.39 is 6.10 Å². The Bertz CT molecular complexity index is 890. The van der Waals surface area contributed by atoms with Crippen molar-refractivity contribution in [1.82, 2.24) is 5.32 Å². The number of rotatable bonds is 10. The average Bonchev–Trinajstić information content (AvgIpc) is 2.76. The van der Waals surface area contributed by atoms with Crippen LogP contribution in [0.4, 0.5) is 0 Å². The smallest absolute Gasteiger partial charge is 0.119 e. The van der Waals surface area contributed by atoms with E-state index in [1.165, 1.54) is 16.7 Å². The Kier molecular flexibility index (Phi) is 8.06. The van der Waals surface area contributed by atoms with E-state index in [1.54, 1.807) is 0 Å². The van der Waals surface area contributed by atoms with Gasteiger partial charge in [0.05, 0.1) is 0 Å². The maximum Gasteiger partial charge on any atom is 0.119 e. The number of hydrogen-bond donors (Lipinski definition) is 2. The van der Waals surface area contributed by atoms with Crippen LogP contribution in [0, 0.1) is 12.8 Å². The van der Waals surface area contributed by atoms with Gasteiger partial charge in [-0.05, 0) is 53.6 Å². The monoisotopic (exact) mass is 403 g/mol. The summed E-state index contributed by atoms with van der Waals surface area (Å²) >= 11 is 0. The molecule has 2 N–H and O–H groups in total. The van der Waals surface area contributed by atoms with Crippen LogP contribution in [0.15, 0.2) is 78.9 Å². The van der Waals surface area contributed by atoms with Gasteiger partial charge < -0.3 is 15.2 Å². The minimum absolute atomic E-state index is 0.228. The first-order chi connectivity index (χ1) is 14.5. The third kappa shape index (κ3) is 6.45.